The lowest BCUT2D eigenvalue weighted by atomic mass is 9.87. The van der Waals surface area contributed by atoms with Crippen LogP contribution in [0.25, 0.3) is 39.1 Å². The number of rotatable bonds is 9. The first kappa shape index (κ1) is 28.5. The Balaban J connectivity index is 1.34. The smallest absolute Gasteiger partial charge is 0.159 e. The molecular formula is C34H34FN7S. The zero-order valence-corrected chi connectivity index (χ0v) is 25.2. The summed E-state index contributed by atoms with van der Waals surface area (Å²) in [7, 11) is 0. The lowest BCUT2D eigenvalue weighted by Gasteiger charge is -2.24. The van der Waals surface area contributed by atoms with Gasteiger partial charge in [0.15, 0.2) is 5.82 Å². The number of aromatic nitrogens is 5. The van der Waals surface area contributed by atoms with Crippen molar-refractivity contribution in [3.8, 4) is 22.6 Å². The number of allylic oxidation sites excluding steroid dienone is 2. The van der Waals surface area contributed by atoms with E-state index in [4.69, 9.17) is 4.98 Å². The minimum atomic E-state index is -0.365. The number of hydrogen-bond acceptors (Lipinski definition) is 6. The van der Waals surface area contributed by atoms with Gasteiger partial charge in [-0.1, -0.05) is 39.0 Å². The molecule has 1 fully saturated rings. The van der Waals surface area contributed by atoms with Gasteiger partial charge in [0.2, 0.25) is 0 Å². The van der Waals surface area contributed by atoms with Gasteiger partial charge in [0.25, 0.3) is 0 Å². The number of pyridine rings is 1. The normalized spacial score (nSPS) is 14.3. The second-order valence-corrected chi connectivity index (χ2v) is 12.1. The van der Waals surface area contributed by atoms with Crippen LogP contribution in [0.2, 0.25) is 0 Å². The number of aromatic amines is 2. The Morgan fingerprint density at radius 1 is 1.12 bits per heavy atom. The first-order valence-corrected chi connectivity index (χ1v) is 15.2. The number of hydrogen-bond donors (Lipinski definition) is 3. The average Bonchev–Trinajstić information content (AvgIpc) is 3.75. The highest BCUT2D eigenvalue weighted by molar-refractivity contribution is 7.15. The average molecular weight is 592 g/mol. The van der Waals surface area contributed by atoms with Crippen molar-refractivity contribution in [3.63, 3.8) is 0 Å². The van der Waals surface area contributed by atoms with Crippen LogP contribution in [-0.2, 0) is 0 Å². The number of nitrogens with one attached hydrogen (secondary N) is 3. The molecular weight excluding hydrogens is 557 g/mol. The van der Waals surface area contributed by atoms with Crippen LogP contribution in [0.5, 0.6) is 0 Å². The van der Waals surface area contributed by atoms with Crippen molar-refractivity contribution in [1.29, 1.82) is 0 Å². The molecule has 1 saturated carbocycles. The number of halogens is 1. The SMILES string of the molecule is C=CN=C(c1ccc(C(=C)C)s1)c1nc(-c2n[nH]c3cc(F)c(-c4cncc(NC(=C)C5CCCCC5)c4)cc23)[nH]c1C. The molecule has 0 unspecified atom stereocenters. The zero-order valence-electron chi connectivity index (χ0n) is 24.4. The Morgan fingerprint density at radius 3 is 2.65 bits per heavy atom. The third kappa shape index (κ3) is 5.72. The summed E-state index contributed by atoms with van der Waals surface area (Å²) in [6.07, 6.45) is 11.0. The van der Waals surface area contributed by atoms with Crippen molar-refractivity contribution in [2.24, 2.45) is 10.9 Å². The van der Waals surface area contributed by atoms with E-state index in [1.165, 1.54) is 31.5 Å². The van der Waals surface area contributed by atoms with Crippen molar-refractivity contribution in [2.45, 2.75) is 46.0 Å². The van der Waals surface area contributed by atoms with Crippen LogP contribution in [-0.4, -0.2) is 30.9 Å². The van der Waals surface area contributed by atoms with Crippen LogP contribution in [0.15, 0.2) is 79.4 Å². The molecule has 4 heterocycles. The third-order valence-corrected chi connectivity index (χ3v) is 9.17. The van der Waals surface area contributed by atoms with Gasteiger partial charge in [-0.2, -0.15) is 5.10 Å². The monoisotopic (exact) mass is 591 g/mol. The number of anilines is 1. The van der Waals surface area contributed by atoms with E-state index in [2.05, 4.69) is 50.2 Å². The molecule has 218 valence electrons. The Morgan fingerprint density at radius 2 is 1.91 bits per heavy atom. The Bertz CT molecular complexity index is 1880. The number of imidazole rings is 1. The molecule has 6 rings (SSSR count). The van der Waals surface area contributed by atoms with E-state index in [0.717, 1.165) is 50.6 Å². The van der Waals surface area contributed by atoms with Crippen LogP contribution in [0.3, 0.4) is 0 Å². The number of aliphatic imine (C=N–C) groups is 1. The molecule has 9 heteroatoms. The highest BCUT2D eigenvalue weighted by atomic mass is 32.1. The number of aryl methyl sites for hydroxylation is 1. The fraction of sp³-hybridized carbons (Fsp3) is 0.235. The zero-order chi connectivity index (χ0) is 30.1. The van der Waals surface area contributed by atoms with E-state index >= 15 is 4.39 Å². The van der Waals surface area contributed by atoms with Crippen LogP contribution >= 0.6 is 11.3 Å². The summed E-state index contributed by atoms with van der Waals surface area (Å²) in [6.45, 7) is 16.1. The van der Waals surface area contributed by atoms with Crippen LogP contribution < -0.4 is 5.32 Å². The van der Waals surface area contributed by atoms with Crippen molar-refractivity contribution in [3.05, 3.63) is 101 Å². The quantitative estimate of drug-likeness (QED) is 0.149. The minimum absolute atomic E-state index is 0.365. The molecule has 3 N–H and O–H groups in total. The van der Waals surface area contributed by atoms with E-state index in [9.17, 15) is 0 Å². The summed E-state index contributed by atoms with van der Waals surface area (Å²) in [5, 5.41) is 11.6. The molecule has 1 aliphatic rings. The summed E-state index contributed by atoms with van der Waals surface area (Å²) in [6, 6.07) is 9.24. The first-order chi connectivity index (χ1) is 20.8. The van der Waals surface area contributed by atoms with Crippen LogP contribution in [0.1, 0.15) is 60.2 Å². The second-order valence-electron chi connectivity index (χ2n) is 11.1. The summed E-state index contributed by atoms with van der Waals surface area (Å²) in [5.74, 6) is 0.642. The molecule has 1 aromatic carbocycles. The van der Waals surface area contributed by atoms with E-state index < -0.39 is 0 Å². The van der Waals surface area contributed by atoms with Crippen LogP contribution in [0, 0.1) is 18.7 Å². The fourth-order valence-electron chi connectivity index (χ4n) is 5.66. The molecule has 0 aliphatic heterocycles. The third-order valence-electron chi connectivity index (χ3n) is 7.92. The minimum Gasteiger partial charge on any atom is -0.358 e. The number of fused-ring (bicyclic) bond motifs is 1. The topological polar surface area (TPSA) is 94.6 Å². The maximum atomic E-state index is 15.4. The molecule has 4 aromatic heterocycles. The molecule has 0 atom stereocenters. The Labute approximate surface area is 254 Å². The highest BCUT2D eigenvalue weighted by Crippen LogP contribution is 2.35. The van der Waals surface area contributed by atoms with E-state index in [1.54, 1.807) is 29.8 Å². The van der Waals surface area contributed by atoms with Crippen molar-refractivity contribution in [2.75, 3.05) is 5.32 Å². The molecule has 7 nitrogen and oxygen atoms in total. The lowest BCUT2D eigenvalue weighted by molar-refractivity contribution is 0.405. The van der Waals surface area contributed by atoms with E-state index in [-0.39, 0.29) is 5.82 Å². The van der Waals surface area contributed by atoms with Gasteiger partial charge >= 0.3 is 0 Å². The largest absolute Gasteiger partial charge is 0.358 e. The molecule has 0 saturated heterocycles. The standard InChI is InChI=1S/C34H34FN7S/c1-6-37-33(30-13-12-29(43-30)19(2)3)31-21(5)39-34(40-31)32-26-15-25(27(35)16-28(26)41-42-32)23-14-24(18-36-17-23)38-20(4)22-10-8-7-9-11-22/h6,12-18,22,38H,1-2,4,7-11H2,3,5H3,(H,39,40)(H,41,42). The number of nitrogens with zero attached hydrogens (tertiary/aromatic N) is 4. The second kappa shape index (κ2) is 11.9. The van der Waals surface area contributed by atoms with Gasteiger partial charge in [0.05, 0.1) is 22.3 Å². The van der Waals surface area contributed by atoms with Gasteiger partial charge in [-0.3, -0.25) is 15.1 Å². The molecule has 0 amide bonds. The highest BCUT2D eigenvalue weighted by Gasteiger charge is 2.22. The van der Waals surface area contributed by atoms with E-state index in [0.29, 0.717) is 45.5 Å². The Kier molecular flexibility index (Phi) is 7.90. The lowest BCUT2D eigenvalue weighted by Crippen LogP contribution is -2.14. The molecule has 5 aromatic rings. The van der Waals surface area contributed by atoms with Crippen molar-refractivity contribution >= 4 is 39.2 Å². The first-order valence-electron chi connectivity index (χ1n) is 14.4. The molecule has 0 radical (unpaired) electrons. The Hall–Kier alpha value is -4.63. The number of H-pyrrole nitrogens is 2. The molecule has 0 spiro atoms. The summed E-state index contributed by atoms with van der Waals surface area (Å²) < 4.78 is 15.4. The van der Waals surface area contributed by atoms with E-state index in [1.807, 2.05) is 32.0 Å². The van der Waals surface area contributed by atoms with Crippen molar-refractivity contribution in [1.82, 2.24) is 25.1 Å². The number of thiophene rings is 1. The predicted octanol–water partition coefficient (Wildman–Crippen LogP) is 9.04. The molecule has 0 bridgehead atoms. The molecule has 1 aliphatic carbocycles. The maximum absolute atomic E-state index is 15.4. The van der Waals surface area contributed by atoms with Crippen molar-refractivity contribution < 1.29 is 4.39 Å². The van der Waals surface area contributed by atoms with Gasteiger partial charge in [0.1, 0.15) is 22.9 Å². The van der Waals surface area contributed by atoms with Gasteiger partial charge in [-0.15, -0.1) is 11.3 Å². The number of benzene rings is 1. The predicted molar refractivity (Wildman–Crippen MR) is 176 cm³/mol. The maximum Gasteiger partial charge on any atom is 0.159 e. The van der Waals surface area contributed by atoms with Crippen LogP contribution in [0.4, 0.5) is 10.1 Å². The van der Waals surface area contributed by atoms with Gasteiger partial charge in [0, 0.05) is 51.2 Å². The summed E-state index contributed by atoms with van der Waals surface area (Å²) >= 11 is 1.60. The van der Waals surface area contributed by atoms with Gasteiger partial charge in [-0.05, 0) is 62.4 Å². The van der Waals surface area contributed by atoms with Gasteiger partial charge in [-0.25, -0.2) is 9.37 Å². The molecule has 43 heavy (non-hydrogen) atoms. The van der Waals surface area contributed by atoms with Gasteiger partial charge < -0.3 is 10.3 Å². The summed E-state index contributed by atoms with van der Waals surface area (Å²) in [5.41, 5.74) is 7.28. The fourth-order valence-corrected chi connectivity index (χ4v) is 6.59. The summed E-state index contributed by atoms with van der Waals surface area (Å²) in [4.78, 5) is 19.3.